The van der Waals surface area contributed by atoms with Crippen LogP contribution in [0.15, 0.2) is 85.1 Å². The van der Waals surface area contributed by atoms with E-state index in [-0.39, 0.29) is 10.8 Å². The number of hydrogen-bond donors (Lipinski definition) is 0. The van der Waals surface area contributed by atoms with Gasteiger partial charge in [-0.25, -0.2) is 0 Å². The van der Waals surface area contributed by atoms with Gasteiger partial charge in [0.05, 0.1) is 0 Å². The molecule has 0 fully saturated rings. The number of nitrogens with zero attached hydrogens (tertiary/aromatic N) is 1. The Kier molecular flexibility index (Phi) is 6.20. The molecular weight excluding hydrogens is 543 g/mol. The maximum atomic E-state index is 5.08. The fraction of sp³-hybridized carbons (Fsp3) is 0.289. The molecular formula is C38H41GeN. The van der Waals surface area contributed by atoms with Crippen molar-refractivity contribution in [2.45, 2.75) is 69.6 Å². The predicted octanol–water partition coefficient (Wildman–Crippen LogP) is 10.0. The van der Waals surface area contributed by atoms with Crippen molar-refractivity contribution in [3.63, 3.8) is 0 Å². The zero-order chi connectivity index (χ0) is 28.6. The average molecular weight is 584 g/mol. The first-order valence-electron chi connectivity index (χ1n) is 14.6. The smallest absolute Gasteiger partial charge is 0.0616 e. The van der Waals surface area contributed by atoms with Gasteiger partial charge in [0, 0.05) is 0 Å². The molecule has 0 spiro atoms. The van der Waals surface area contributed by atoms with Crippen molar-refractivity contribution in [1.29, 1.82) is 0 Å². The van der Waals surface area contributed by atoms with Gasteiger partial charge in [-0.2, -0.15) is 0 Å². The van der Waals surface area contributed by atoms with Crippen LogP contribution in [0.3, 0.4) is 0 Å². The molecule has 1 aromatic heterocycles. The summed E-state index contributed by atoms with van der Waals surface area (Å²) in [6, 6.07) is 29.8. The number of aromatic nitrogens is 1. The van der Waals surface area contributed by atoms with Gasteiger partial charge in [0.25, 0.3) is 0 Å². The minimum atomic E-state index is -1.85. The molecule has 0 unspecified atom stereocenters. The summed E-state index contributed by atoms with van der Waals surface area (Å²) in [6.07, 6.45) is 2.00. The van der Waals surface area contributed by atoms with Crippen molar-refractivity contribution < 1.29 is 0 Å². The molecule has 0 saturated heterocycles. The quantitative estimate of drug-likeness (QED) is 0.192. The van der Waals surface area contributed by atoms with E-state index in [0.29, 0.717) is 0 Å². The van der Waals surface area contributed by atoms with Gasteiger partial charge >= 0.3 is 177 Å². The first kappa shape index (κ1) is 27.0. The van der Waals surface area contributed by atoms with Crippen molar-refractivity contribution in [2.24, 2.45) is 0 Å². The van der Waals surface area contributed by atoms with Gasteiger partial charge in [-0.1, -0.05) is 45.0 Å². The molecule has 4 aromatic carbocycles. The van der Waals surface area contributed by atoms with Crippen LogP contribution in [0.4, 0.5) is 0 Å². The van der Waals surface area contributed by atoms with E-state index >= 15 is 0 Å². The third-order valence-corrected chi connectivity index (χ3v) is 13.3. The van der Waals surface area contributed by atoms with Gasteiger partial charge < -0.3 is 0 Å². The third kappa shape index (κ3) is 4.25. The van der Waals surface area contributed by atoms with E-state index in [1.807, 2.05) is 6.20 Å². The minimum absolute atomic E-state index is 0.0312. The molecule has 1 aliphatic carbocycles. The van der Waals surface area contributed by atoms with Crippen molar-refractivity contribution in [3.8, 4) is 33.5 Å². The van der Waals surface area contributed by atoms with Gasteiger partial charge in [-0.05, 0) is 21.8 Å². The molecule has 0 radical (unpaired) electrons. The maximum absolute atomic E-state index is 5.08. The molecule has 0 bridgehead atoms. The number of rotatable bonds is 3. The second-order valence-electron chi connectivity index (χ2n) is 14.2. The van der Waals surface area contributed by atoms with E-state index in [9.17, 15) is 0 Å². The fourth-order valence-electron chi connectivity index (χ4n) is 6.93. The van der Waals surface area contributed by atoms with Crippen molar-refractivity contribution in [3.05, 3.63) is 107 Å². The molecule has 0 saturated carbocycles. The van der Waals surface area contributed by atoms with Crippen LogP contribution in [-0.4, -0.2) is 18.3 Å². The summed E-state index contributed by atoms with van der Waals surface area (Å²) < 4.78 is 1.55. The third-order valence-electron chi connectivity index (χ3n) is 8.96. The van der Waals surface area contributed by atoms with Crippen LogP contribution in [-0.2, 0) is 10.8 Å². The molecule has 202 valence electrons. The number of fused-ring (bicyclic) bond motifs is 4. The number of benzene rings is 4. The Bertz CT molecular complexity index is 1780. The summed E-state index contributed by atoms with van der Waals surface area (Å²) >= 11 is -1.85. The molecule has 1 aliphatic rings. The van der Waals surface area contributed by atoms with Crippen molar-refractivity contribution in [1.82, 2.24) is 4.98 Å². The molecule has 1 heterocycles. The monoisotopic (exact) mass is 585 g/mol. The fourth-order valence-corrected chi connectivity index (χ4v) is 9.38. The van der Waals surface area contributed by atoms with Gasteiger partial charge in [0.2, 0.25) is 0 Å². The van der Waals surface area contributed by atoms with Crippen LogP contribution < -0.4 is 4.40 Å². The Morgan fingerprint density at radius 3 is 2.02 bits per heavy atom. The molecule has 40 heavy (non-hydrogen) atoms. The summed E-state index contributed by atoms with van der Waals surface area (Å²) in [4.78, 5) is 5.08. The molecule has 5 aromatic rings. The van der Waals surface area contributed by atoms with Gasteiger partial charge in [0.15, 0.2) is 0 Å². The minimum Gasteiger partial charge on any atom is -0.0616 e. The zero-order valence-electron chi connectivity index (χ0n) is 25.5. The van der Waals surface area contributed by atoms with Gasteiger partial charge in [-0.3, -0.25) is 0 Å². The van der Waals surface area contributed by atoms with Crippen LogP contribution in [0.25, 0.3) is 44.3 Å². The van der Waals surface area contributed by atoms with Crippen LogP contribution >= 0.6 is 0 Å². The Labute approximate surface area is 243 Å². The molecule has 1 nitrogen and oxygen atoms in total. The van der Waals surface area contributed by atoms with Crippen LogP contribution in [0.5, 0.6) is 0 Å². The van der Waals surface area contributed by atoms with E-state index in [1.54, 1.807) is 4.40 Å². The SMILES string of the molecule is Cc1c(-c2cc[c]([Ge]([CH3])([CH3])[CH3])cc2)ccc2c1C(C)(C)c1c-2ccnc1-c1cc(C(C)(C)C)c2ccccc2c1. The summed E-state index contributed by atoms with van der Waals surface area (Å²) in [7, 11) is 0. The first-order valence-corrected chi connectivity index (χ1v) is 21.9. The summed E-state index contributed by atoms with van der Waals surface area (Å²) in [6.45, 7) is 14.0. The Balaban J connectivity index is 1.53. The molecule has 0 amide bonds. The molecule has 2 heteroatoms. The van der Waals surface area contributed by atoms with Crippen LogP contribution in [0.2, 0.25) is 17.3 Å². The van der Waals surface area contributed by atoms with Crippen LogP contribution in [0.1, 0.15) is 56.9 Å². The summed E-state index contributed by atoms with van der Waals surface area (Å²) in [5, 5.41) is 2.61. The Hall–Kier alpha value is -3.17. The number of hydrogen-bond acceptors (Lipinski definition) is 1. The Morgan fingerprint density at radius 1 is 0.700 bits per heavy atom. The van der Waals surface area contributed by atoms with E-state index in [0.717, 1.165) is 5.69 Å². The first-order chi connectivity index (χ1) is 18.8. The molecule has 6 rings (SSSR count). The van der Waals surface area contributed by atoms with E-state index < -0.39 is 13.3 Å². The summed E-state index contributed by atoms with van der Waals surface area (Å²) in [5.74, 6) is 7.38. The standard InChI is InChI=1S/C38H41GeN/c1-24-29(25-14-16-28(17-15-25)39(7,8)9)18-19-31-32-20-21-40-36(35(32)38(5,6)34(24)31)27-22-26-12-10-11-13-30(26)33(23-27)37(2,3)4/h10-23H,1-9H3. The predicted molar refractivity (Wildman–Crippen MR) is 177 cm³/mol. The molecule has 0 aliphatic heterocycles. The summed E-state index contributed by atoms with van der Waals surface area (Å²) in [5.41, 5.74) is 13.0. The van der Waals surface area contributed by atoms with E-state index in [1.165, 1.54) is 60.8 Å². The van der Waals surface area contributed by atoms with Crippen molar-refractivity contribution in [2.75, 3.05) is 0 Å². The second kappa shape index (κ2) is 9.18. The number of pyridine rings is 1. The zero-order valence-corrected chi connectivity index (χ0v) is 27.6. The second-order valence-corrected chi connectivity index (χ2v) is 24.8. The van der Waals surface area contributed by atoms with Gasteiger partial charge in [0.1, 0.15) is 0 Å². The van der Waals surface area contributed by atoms with Crippen LogP contribution in [0, 0.1) is 6.92 Å². The van der Waals surface area contributed by atoms with Gasteiger partial charge in [-0.15, -0.1) is 0 Å². The molecule has 0 atom stereocenters. The van der Waals surface area contributed by atoms with E-state index in [2.05, 4.69) is 138 Å². The Morgan fingerprint density at radius 2 is 1.35 bits per heavy atom. The molecule has 0 N–H and O–H groups in total. The van der Waals surface area contributed by atoms with E-state index in [4.69, 9.17) is 4.98 Å². The normalized spacial score (nSPS) is 14.3. The topological polar surface area (TPSA) is 12.9 Å². The average Bonchev–Trinajstić information content (AvgIpc) is 3.14. The van der Waals surface area contributed by atoms with Crippen molar-refractivity contribution >= 4 is 28.4 Å².